The van der Waals surface area contributed by atoms with Gasteiger partial charge in [0, 0.05) is 23.5 Å². The van der Waals surface area contributed by atoms with Crippen LogP contribution in [0.2, 0.25) is 10.0 Å². The van der Waals surface area contributed by atoms with E-state index >= 15 is 0 Å². The van der Waals surface area contributed by atoms with Crippen molar-refractivity contribution >= 4 is 46.6 Å². The summed E-state index contributed by atoms with van der Waals surface area (Å²) in [5.74, 6) is -1.22. The van der Waals surface area contributed by atoms with Gasteiger partial charge >= 0.3 is 0 Å². The number of anilines is 1. The molecule has 3 amide bonds. The summed E-state index contributed by atoms with van der Waals surface area (Å²) in [6.07, 6.45) is -0.646. The largest absolute Gasteiger partial charge is 0.328 e. The monoisotopic (exact) mass is 405 g/mol. The van der Waals surface area contributed by atoms with Crippen LogP contribution in [0.3, 0.4) is 0 Å². The highest BCUT2D eigenvalue weighted by molar-refractivity contribution is 6.35. The van der Waals surface area contributed by atoms with E-state index in [1.54, 1.807) is 49.5 Å². The van der Waals surface area contributed by atoms with Crippen molar-refractivity contribution in [3.63, 3.8) is 0 Å². The number of likely N-dealkylation sites (N-methyl/N-ethyl adjacent to an activating group) is 1. The zero-order valence-electron chi connectivity index (χ0n) is 14.5. The second-order valence-corrected chi connectivity index (χ2v) is 6.97. The van der Waals surface area contributed by atoms with Crippen molar-refractivity contribution in [2.24, 2.45) is 0 Å². The van der Waals surface area contributed by atoms with Gasteiger partial charge in [0.15, 0.2) is 6.17 Å². The average Bonchev–Trinajstić information content (AvgIpc) is 2.73. The third kappa shape index (κ3) is 4.23. The Hall–Kier alpha value is -2.57. The lowest BCUT2D eigenvalue weighted by Gasteiger charge is -2.21. The lowest BCUT2D eigenvalue weighted by atomic mass is 10.1. The number of carbonyl (C=O) groups is 3. The summed E-state index contributed by atoms with van der Waals surface area (Å²) >= 11 is 12.0. The number of fused-ring (bicyclic) bond motifs is 1. The third-order valence-electron chi connectivity index (χ3n) is 4.30. The van der Waals surface area contributed by atoms with Crippen LogP contribution >= 0.6 is 23.2 Å². The molecule has 27 heavy (non-hydrogen) atoms. The van der Waals surface area contributed by atoms with Gasteiger partial charge in [0.1, 0.15) is 0 Å². The second-order valence-electron chi connectivity index (χ2n) is 6.12. The van der Waals surface area contributed by atoms with Gasteiger partial charge in [0.2, 0.25) is 5.91 Å². The first-order valence-corrected chi connectivity index (χ1v) is 9.03. The number of nitrogens with one attached hydrogen (secondary N) is 2. The molecule has 2 N–H and O–H groups in total. The van der Waals surface area contributed by atoms with Gasteiger partial charge in [-0.05, 0) is 36.2 Å². The van der Waals surface area contributed by atoms with Crippen LogP contribution in [0.15, 0.2) is 42.5 Å². The summed E-state index contributed by atoms with van der Waals surface area (Å²) in [6, 6.07) is 11.8. The van der Waals surface area contributed by atoms with Crippen LogP contribution < -0.4 is 15.5 Å². The molecule has 3 rings (SSSR count). The standard InChI is InChI=1S/C19H17Cl2N3O3/c1-24-15-5-3-2-4-13(15)18(26)23-17(19(24)27)22-16(25)9-7-11-6-8-12(20)10-14(11)21/h2-6,8,10,17H,7,9H2,1H3,(H,22,25)(H,23,26). The van der Waals surface area contributed by atoms with E-state index in [0.717, 1.165) is 5.56 Å². The van der Waals surface area contributed by atoms with Gasteiger partial charge in [-0.15, -0.1) is 0 Å². The first-order valence-electron chi connectivity index (χ1n) is 8.27. The van der Waals surface area contributed by atoms with E-state index in [0.29, 0.717) is 27.7 Å². The first-order chi connectivity index (χ1) is 12.9. The lowest BCUT2D eigenvalue weighted by molar-refractivity contribution is -0.127. The van der Waals surface area contributed by atoms with E-state index < -0.39 is 18.0 Å². The highest BCUT2D eigenvalue weighted by atomic mass is 35.5. The smallest absolute Gasteiger partial charge is 0.270 e. The minimum absolute atomic E-state index is 0.109. The molecule has 1 heterocycles. The van der Waals surface area contributed by atoms with Crippen molar-refractivity contribution in [1.29, 1.82) is 0 Å². The molecule has 0 saturated heterocycles. The SMILES string of the molecule is CN1C(=O)C(NC(=O)CCc2ccc(Cl)cc2Cl)NC(=O)c2ccccc21. The summed E-state index contributed by atoms with van der Waals surface area (Å²) in [4.78, 5) is 38.6. The minimum Gasteiger partial charge on any atom is -0.328 e. The summed E-state index contributed by atoms with van der Waals surface area (Å²) in [7, 11) is 1.56. The van der Waals surface area contributed by atoms with Crippen molar-refractivity contribution in [3.05, 3.63) is 63.6 Å². The molecule has 0 bridgehead atoms. The zero-order valence-corrected chi connectivity index (χ0v) is 16.0. The third-order valence-corrected chi connectivity index (χ3v) is 4.89. The predicted octanol–water partition coefficient (Wildman–Crippen LogP) is 2.77. The maximum atomic E-state index is 12.6. The fourth-order valence-electron chi connectivity index (χ4n) is 2.84. The van der Waals surface area contributed by atoms with Crippen LogP contribution in [0, 0.1) is 0 Å². The van der Waals surface area contributed by atoms with E-state index in [1.807, 2.05) is 0 Å². The van der Waals surface area contributed by atoms with Crippen molar-refractivity contribution in [2.45, 2.75) is 19.0 Å². The molecule has 8 heteroatoms. The fourth-order valence-corrected chi connectivity index (χ4v) is 3.35. The second kappa shape index (κ2) is 7.98. The van der Waals surface area contributed by atoms with E-state index in [2.05, 4.69) is 10.6 Å². The normalized spacial score (nSPS) is 16.4. The lowest BCUT2D eigenvalue weighted by Crippen LogP contribution is -2.55. The van der Waals surface area contributed by atoms with Crippen molar-refractivity contribution in [3.8, 4) is 0 Å². The molecular formula is C19H17Cl2N3O3. The van der Waals surface area contributed by atoms with Gasteiger partial charge in [-0.3, -0.25) is 14.4 Å². The summed E-state index contributed by atoms with van der Waals surface area (Å²) in [5.41, 5.74) is 1.64. The minimum atomic E-state index is -1.14. The number of aryl methyl sites for hydroxylation is 1. The quantitative estimate of drug-likeness (QED) is 0.820. The maximum Gasteiger partial charge on any atom is 0.270 e. The number of carbonyl (C=O) groups excluding carboxylic acids is 3. The first kappa shape index (κ1) is 19.2. The van der Waals surface area contributed by atoms with E-state index in [-0.39, 0.29) is 12.3 Å². The van der Waals surface area contributed by atoms with E-state index in [1.165, 1.54) is 4.90 Å². The van der Waals surface area contributed by atoms with Crippen molar-refractivity contribution < 1.29 is 14.4 Å². The molecule has 2 aromatic carbocycles. The number of amides is 3. The molecule has 0 spiro atoms. The Morgan fingerprint density at radius 3 is 2.67 bits per heavy atom. The van der Waals surface area contributed by atoms with E-state index in [9.17, 15) is 14.4 Å². The number of hydrogen-bond acceptors (Lipinski definition) is 3. The molecule has 1 unspecified atom stereocenters. The Morgan fingerprint density at radius 1 is 1.19 bits per heavy atom. The number of halogens is 2. The summed E-state index contributed by atoms with van der Waals surface area (Å²) in [6.45, 7) is 0. The molecule has 140 valence electrons. The summed E-state index contributed by atoms with van der Waals surface area (Å²) in [5, 5.41) is 6.12. The van der Waals surface area contributed by atoms with Crippen molar-refractivity contribution in [2.75, 3.05) is 11.9 Å². The molecule has 0 saturated carbocycles. The van der Waals surface area contributed by atoms with Crippen LogP contribution in [0.1, 0.15) is 22.3 Å². The molecule has 6 nitrogen and oxygen atoms in total. The van der Waals surface area contributed by atoms with Gasteiger partial charge < -0.3 is 15.5 Å². The zero-order chi connectivity index (χ0) is 19.6. The average molecular weight is 406 g/mol. The highest BCUT2D eigenvalue weighted by Gasteiger charge is 2.32. The molecular weight excluding hydrogens is 389 g/mol. The van der Waals surface area contributed by atoms with Gasteiger partial charge in [-0.1, -0.05) is 41.4 Å². The maximum absolute atomic E-state index is 12.6. The fraction of sp³-hybridized carbons (Fsp3) is 0.211. The van der Waals surface area contributed by atoms with Gasteiger partial charge in [0.05, 0.1) is 11.3 Å². The topological polar surface area (TPSA) is 78.5 Å². The summed E-state index contributed by atoms with van der Waals surface area (Å²) < 4.78 is 0. The Bertz CT molecular complexity index is 917. The van der Waals surface area contributed by atoms with Gasteiger partial charge in [0.25, 0.3) is 11.8 Å². The number of benzene rings is 2. The van der Waals surface area contributed by atoms with Crippen LogP contribution in [-0.2, 0) is 16.0 Å². The molecule has 0 aliphatic carbocycles. The molecule has 1 aliphatic heterocycles. The highest BCUT2D eigenvalue weighted by Crippen LogP contribution is 2.23. The van der Waals surface area contributed by atoms with Gasteiger partial charge in [-0.25, -0.2) is 0 Å². The van der Waals surface area contributed by atoms with E-state index in [4.69, 9.17) is 23.2 Å². The number of para-hydroxylation sites is 1. The molecule has 0 aromatic heterocycles. The number of rotatable bonds is 4. The van der Waals surface area contributed by atoms with Crippen LogP contribution in [0.5, 0.6) is 0 Å². The Labute approximate surface area is 166 Å². The Balaban J connectivity index is 1.67. The predicted molar refractivity (Wildman–Crippen MR) is 104 cm³/mol. The van der Waals surface area contributed by atoms with Crippen LogP contribution in [-0.4, -0.2) is 30.9 Å². The van der Waals surface area contributed by atoms with Crippen LogP contribution in [0.4, 0.5) is 5.69 Å². The number of nitrogens with zero attached hydrogens (tertiary/aromatic N) is 1. The molecule has 0 fully saturated rings. The molecule has 1 aliphatic rings. The van der Waals surface area contributed by atoms with Crippen LogP contribution in [0.25, 0.3) is 0 Å². The molecule has 1 atom stereocenters. The Morgan fingerprint density at radius 2 is 1.93 bits per heavy atom. The van der Waals surface area contributed by atoms with Gasteiger partial charge in [-0.2, -0.15) is 0 Å². The molecule has 0 radical (unpaired) electrons. The van der Waals surface area contributed by atoms with Crippen molar-refractivity contribution in [1.82, 2.24) is 10.6 Å². The number of hydrogen-bond donors (Lipinski definition) is 2. The Kier molecular flexibility index (Phi) is 5.68. The molecule has 2 aromatic rings.